The third kappa shape index (κ3) is 54.3. The summed E-state index contributed by atoms with van der Waals surface area (Å²) in [5, 5.41) is 0. The molecule has 0 aliphatic heterocycles. The van der Waals surface area contributed by atoms with Gasteiger partial charge in [0.2, 0.25) is 0 Å². The highest BCUT2D eigenvalue weighted by Gasteiger charge is 2.20. The van der Waals surface area contributed by atoms with E-state index < -0.39 is 13.9 Å². The summed E-state index contributed by atoms with van der Waals surface area (Å²) in [6.07, 6.45) is 57.2. The maximum atomic E-state index is 12.8. The lowest BCUT2D eigenvalue weighted by atomic mass is 10.0. The van der Waals surface area contributed by atoms with E-state index in [2.05, 4.69) is 13.8 Å². The van der Waals surface area contributed by atoms with Gasteiger partial charge in [-0.2, -0.15) is 0 Å². The van der Waals surface area contributed by atoms with Crippen LogP contribution in [0, 0.1) is 0 Å². The minimum absolute atomic E-state index is 0.0319. The quantitative estimate of drug-likeness (QED) is 0.0259. The van der Waals surface area contributed by atoms with Gasteiger partial charge in [-0.25, -0.2) is 0 Å². The second-order valence-corrected chi connectivity index (χ2v) is 22.4. The molecule has 8 nitrogen and oxygen atoms in total. The van der Waals surface area contributed by atoms with E-state index in [0.29, 0.717) is 24.1 Å². The molecule has 0 aliphatic rings. The van der Waals surface area contributed by atoms with Crippen molar-refractivity contribution in [3.8, 4) is 0 Å². The molecule has 0 aliphatic carbocycles. The number of carbonyl (C=O) groups is 1. The normalized spacial score (nSPS) is 13.4. The van der Waals surface area contributed by atoms with Crippen LogP contribution >= 0.6 is 7.82 Å². The van der Waals surface area contributed by atoms with Crippen molar-refractivity contribution in [2.45, 2.75) is 302 Å². The van der Waals surface area contributed by atoms with Gasteiger partial charge in [0.1, 0.15) is 19.3 Å². The first-order chi connectivity index (χ1) is 31.6. The Bertz CT molecular complexity index is 1010. The van der Waals surface area contributed by atoms with E-state index in [4.69, 9.17) is 18.5 Å². The molecule has 390 valence electrons. The second kappa shape index (κ2) is 49.9. The molecule has 0 N–H and O–H groups in total. The van der Waals surface area contributed by atoms with Crippen LogP contribution in [-0.2, 0) is 27.9 Å². The highest BCUT2D eigenvalue weighted by Crippen LogP contribution is 2.38. The molecule has 0 aromatic rings. The minimum atomic E-state index is -4.52. The first-order valence-electron chi connectivity index (χ1n) is 28.8. The Morgan fingerprint density at radius 2 is 0.708 bits per heavy atom. The third-order valence-electron chi connectivity index (χ3n) is 13.2. The van der Waals surface area contributed by atoms with Gasteiger partial charge < -0.3 is 27.9 Å². The molecule has 0 saturated heterocycles. The molecule has 0 aromatic heterocycles. The standard InChI is InChI=1S/C56H114NO7P/c1-6-8-10-12-14-16-18-20-22-24-25-26-27-28-29-30-31-32-34-36-38-40-42-44-46-48-51-61-53-55(54-63-65(59,60)62-52-50-57(3,4)5)64-56(58)49-47-45-43-41-39-37-35-33-23-21-19-17-15-13-11-9-7-2/h55H,6-54H2,1-5H3. The van der Waals surface area contributed by atoms with Gasteiger partial charge in [-0.3, -0.25) is 9.36 Å². The number of carbonyl (C=O) groups excluding carboxylic acids is 1. The Labute approximate surface area is 406 Å². The molecule has 65 heavy (non-hydrogen) atoms. The van der Waals surface area contributed by atoms with E-state index in [1.165, 1.54) is 244 Å². The summed E-state index contributed by atoms with van der Waals surface area (Å²) < 4.78 is 34.8. The van der Waals surface area contributed by atoms with Crippen molar-refractivity contribution in [1.29, 1.82) is 0 Å². The number of ether oxygens (including phenoxy) is 2. The molecule has 0 rings (SSSR count). The highest BCUT2D eigenvalue weighted by molar-refractivity contribution is 7.45. The van der Waals surface area contributed by atoms with Gasteiger partial charge >= 0.3 is 5.97 Å². The Hall–Kier alpha value is -0.500. The van der Waals surface area contributed by atoms with E-state index in [1.807, 2.05) is 21.1 Å². The zero-order valence-corrected chi connectivity index (χ0v) is 45.4. The molecule has 2 atom stereocenters. The van der Waals surface area contributed by atoms with Crippen molar-refractivity contribution >= 4 is 13.8 Å². The molecule has 0 amide bonds. The number of rotatable bonds is 55. The fraction of sp³-hybridized carbons (Fsp3) is 0.982. The van der Waals surface area contributed by atoms with Gasteiger partial charge in [0, 0.05) is 13.0 Å². The smallest absolute Gasteiger partial charge is 0.306 e. The Kier molecular flexibility index (Phi) is 49.5. The lowest BCUT2D eigenvalue weighted by Gasteiger charge is -2.28. The van der Waals surface area contributed by atoms with Crippen molar-refractivity contribution in [2.75, 3.05) is 54.1 Å². The van der Waals surface area contributed by atoms with E-state index in [1.54, 1.807) is 0 Å². The Balaban J connectivity index is 3.97. The van der Waals surface area contributed by atoms with Gasteiger partial charge in [-0.1, -0.05) is 277 Å². The molecule has 0 bridgehead atoms. The third-order valence-corrected chi connectivity index (χ3v) is 14.1. The largest absolute Gasteiger partial charge is 0.756 e. The minimum Gasteiger partial charge on any atom is -0.756 e. The number of hydrogen-bond acceptors (Lipinski definition) is 7. The van der Waals surface area contributed by atoms with Crippen LogP contribution < -0.4 is 4.89 Å². The number of likely N-dealkylation sites (N-methyl/N-ethyl adjacent to an activating group) is 1. The van der Waals surface area contributed by atoms with Gasteiger partial charge in [0.25, 0.3) is 7.82 Å². The van der Waals surface area contributed by atoms with Gasteiger partial charge in [0.05, 0.1) is 34.4 Å². The molecule has 0 radical (unpaired) electrons. The van der Waals surface area contributed by atoms with Crippen LogP contribution in [0.25, 0.3) is 0 Å². The molecule has 0 fully saturated rings. The average molecular weight is 945 g/mol. The maximum absolute atomic E-state index is 12.8. The van der Waals surface area contributed by atoms with Gasteiger partial charge in [-0.05, 0) is 12.8 Å². The molecule has 0 spiro atoms. The number of phosphoric ester groups is 1. The summed E-state index contributed by atoms with van der Waals surface area (Å²) in [4.78, 5) is 25.2. The summed E-state index contributed by atoms with van der Waals surface area (Å²) >= 11 is 0. The number of nitrogens with zero attached hydrogens (tertiary/aromatic N) is 1. The first-order valence-corrected chi connectivity index (χ1v) is 30.2. The highest BCUT2D eigenvalue weighted by atomic mass is 31.2. The van der Waals surface area contributed by atoms with Gasteiger partial charge in [0.15, 0.2) is 0 Å². The van der Waals surface area contributed by atoms with Crippen LogP contribution in [0.5, 0.6) is 0 Å². The second-order valence-electron chi connectivity index (χ2n) is 21.0. The van der Waals surface area contributed by atoms with Crippen LogP contribution in [0.15, 0.2) is 0 Å². The summed E-state index contributed by atoms with van der Waals surface area (Å²) in [7, 11) is 1.38. The lowest BCUT2D eigenvalue weighted by Crippen LogP contribution is -2.37. The van der Waals surface area contributed by atoms with Crippen molar-refractivity contribution in [3.63, 3.8) is 0 Å². The number of unbranched alkanes of at least 4 members (excludes halogenated alkanes) is 41. The van der Waals surface area contributed by atoms with Crippen molar-refractivity contribution in [1.82, 2.24) is 0 Å². The van der Waals surface area contributed by atoms with Crippen LogP contribution in [0.4, 0.5) is 0 Å². The summed E-state index contributed by atoms with van der Waals surface area (Å²) in [5.74, 6) is -0.324. The monoisotopic (exact) mass is 944 g/mol. The zero-order chi connectivity index (χ0) is 47.6. The number of quaternary nitrogens is 1. The molecule has 0 saturated carbocycles. The van der Waals surface area contributed by atoms with E-state index in [0.717, 1.165) is 32.1 Å². The van der Waals surface area contributed by atoms with Crippen LogP contribution in [0.1, 0.15) is 296 Å². The predicted molar refractivity (Wildman–Crippen MR) is 278 cm³/mol. The van der Waals surface area contributed by atoms with E-state index >= 15 is 0 Å². The van der Waals surface area contributed by atoms with E-state index in [-0.39, 0.29) is 25.8 Å². The topological polar surface area (TPSA) is 94.1 Å². The molecule has 2 unspecified atom stereocenters. The van der Waals surface area contributed by atoms with Crippen molar-refractivity contribution in [2.24, 2.45) is 0 Å². The molecular weight excluding hydrogens is 830 g/mol. The van der Waals surface area contributed by atoms with Crippen molar-refractivity contribution < 1.29 is 37.3 Å². The van der Waals surface area contributed by atoms with Crippen molar-refractivity contribution in [3.05, 3.63) is 0 Å². The fourth-order valence-electron chi connectivity index (χ4n) is 8.73. The lowest BCUT2D eigenvalue weighted by molar-refractivity contribution is -0.870. The Morgan fingerprint density at radius 3 is 1.02 bits per heavy atom. The van der Waals surface area contributed by atoms with Crippen LogP contribution in [0.3, 0.4) is 0 Å². The molecule has 9 heteroatoms. The summed E-state index contributed by atoms with van der Waals surface area (Å²) in [6.45, 7) is 5.51. The molecule has 0 heterocycles. The molecule has 0 aromatic carbocycles. The molecular formula is C56H114NO7P. The van der Waals surface area contributed by atoms with Crippen LogP contribution in [0.2, 0.25) is 0 Å². The Morgan fingerprint density at radius 1 is 0.415 bits per heavy atom. The SMILES string of the molecule is CCCCCCCCCCCCCCCCCCCCCCCCCCCCOCC(COP(=O)([O-])OCC[N+](C)(C)C)OC(=O)CCCCCCCCCCCCCCCCCCC. The number of hydrogen-bond donors (Lipinski definition) is 0. The van der Waals surface area contributed by atoms with E-state index in [9.17, 15) is 14.3 Å². The fourth-order valence-corrected chi connectivity index (χ4v) is 9.46. The number of esters is 1. The maximum Gasteiger partial charge on any atom is 0.306 e. The number of phosphoric acid groups is 1. The summed E-state index contributed by atoms with van der Waals surface area (Å²) in [5.41, 5.74) is 0. The zero-order valence-electron chi connectivity index (χ0n) is 44.5. The predicted octanol–water partition coefficient (Wildman–Crippen LogP) is 17.3. The van der Waals surface area contributed by atoms with Crippen LogP contribution in [-0.4, -0.2) is 70.7 Å². The summed E-state index contributed by atoms with van der Waals surface area (Å²) in [6, 6.07) is 0. The average Bonchev–Trinajstić information content (AvgIpc) is 3.27. The first kappa shape index (κ1) is 64.5. The van der Waals surface area contributed by atoms with Gasteiger partial charge in [-0.15, -0.1) is 0 Å².